The maximum absolute atomic E-state index is 13.4. The predicted molar refractivity (Wildman–Crippen MR) is 90.3 cm³/mol. The molecule has 9 heteroatoms. The Bertz CT molecular complexity index is 844. The molecule has 0 saturated carbocycles. The summed E-state index contributed by atoms with van der Waals surface area (Å²) in [5.41, 5.74) is 3.84. The number of nitrogens with one attached hydrogen (secondary N) is 2. The first-order chi connectivity index (χ1) is 12.4. The lowest BCUT2D eigenvalue weighted by atomic mass is 10.2. The van der Waals surface area contributed by atoms with Gasteiger partial charge in [0.2, 0.25) is 0 Å². The fraction of sp³-hybridized carbons (Fsp3) is 0.118. The van der Waals surface area contributed by atoms with Gasteiger partial charge in [-0.3, -0.25) is 20.4 Å². The van der Waals surface area contributed by atoms with Crippen molar-refractivity contribution in [3.63, 3.8) is 0 Å². The predicted octanol–water partition coefficient (Wildman–Crippen LogP) is 2.11. The van der Waals surface area contributed by atoms with Crippen molar-refractivity contribution < 1.29 is 28.2 Å². The van der Waals surface area contributed by atoms with Crippen molar-refractivity contribution in [1.82, 2.24) is 10.9 Å². The Morgan fingerprint density at radius 2 is 1.81 bits per heavy atom. The molecule has 0 atom stereocenters. The van der Waals surface area contributed by atoms with Gasteiger partial charge in [-0.15, -0.1) is 0 Å². The lowest BCUT2D eigenvalue weighted by Crippen LogP contribution is -2.43. The number of esters is 1. The maximum Gasteiger partial charge on any atom is 0.342 e. The topological polar surface area (TPSA) is 93.7 Å². The molecule has 7 nitrogen and oxygen atoms in total. The van der Waals surface area contributed by atoms with Gasteiger partial charge in [0.1, 0.15) is 17.1 Å². The first-order valence-electron chi connectivity index (χ1n) is 7.26. The van der Waals surface area contributed by atoms with Crippen LogP contribution < -0.4 is 15.6 Å². The number of hydrogen-bond acceptors (Lipinski definition) is 5. The zero-order chi connectivity index (χ0) is 19.1. The summed E-state index contributed by atoms with van der Waals surface area (Å²) < 4.78 is 23.3. The van der Waals surface area contributed by atoms with Crippen LogP contribution in [0.3, 0.4) is 0 Å². The zero-order valence-corrected chi connectivity index (χ0v) is 14.3. The molecule has 26 heavy (non-hydrogen) atoms. The zero-order valence-electron chi connectivity index (χ0n) is 13.5. The molecular formula is C17H14ClFN2O5. The highest BCUT2D eigenvalue weighted by atomic mass is 35.5. The van der Waals surface area contributed by atoms with Crippen LogP contribution in [0.2, 0.25) is 5.02 Å². The third-order valence-corrected chi connectivity index (χ3v) is 3.38. The van der Waals surface area contributed by atoms with E-state index in [4.69, 9.17) is 21.1 Å². The number of hydrogen-bond donors (Lipinski definition) is 2. The average molecular weight is 381 g/mol. The van der Waals surface area contributed by atoms with E-state index in [0.29, 0.717) is 5.02 Å². The Balaban J connectivity index is 1.87. The van der Waals surface area contributed by atoms with Crippen molar-refractivity contribution in [2.24, 2.45) is 0 Å². The molecule has 136 valence electrons. The fourth-order valence-electron chi connectivity index (χ4n) is 1.92. The minimum atomic E-state index is -0.848. The van der Waals surface area contributed by atoms with E-state index >= 15 is 0 Å². The number of halogens is 2. The standard InChI is InChI=1S/C17H14ClFN2O5/c1-25-14-7-6-10(18)8-12(14)17(24)26-9-15(22)20-21-16(23)11-4-2-3-5-13(11)19/h2-8H,9H2,1H3,(H,20,22)(H,21,23). The molecular weight excluding hydrogens is 367 g/mol. The lowest BCUT2D eigenvalue weighted by Gasteiger charge is -2.10. The van der Waals surface area contributed by atoms with Gasteiger partial charge in [0.15, 0.2) is 6.61 Å². The molecule has 2 aromatic rings. The van der Waals surface area contributed by atoms with Crippen molar-refractivity contribution in [2.75, 3.05) is 13.7 Å². The molecule has 0 spiro atoms. The van der Waals surface area contributed by atoms with Crippen LogP contribution in [0.15, 0.2) is 42.5 Å². The Hall–Kier alpha value is -3.13. The van der Waals surface area contributed by atoms with Crippen LogP contribution in [0.25, 0.3) is 0 Å². The van der Waals surface area contributed by atoms with Crippen LogP contribution in [0.5, 0.6) is 5.75 Å². The SMILES string of the molecule is COc1ccc(Cl)cc1C(=O)OCC(=O)NNC(=O)c1ccccc1F. The number of ether oxygens (including phenoxy) is 2. The van der Waals surface area contributed by atoms with Gasteiger partial charge in [0.25, 0.3) is 11.8 Å². The van der Waals surface area contributed by atoms with Crippen molar-refractivity contribution in [3.8, 4) is 5.75 Å². The molecule has 2 N–H and O–H groups in total. The minimum absolute atomic E-state index is 0.0446. The summed E-state index contributed by atoms with van der Waals surface area (Å²) in [6.45, 7) is -0.675. The van der Waals surface area contributed by atoms with Crippen molar-refractivity contribution in [3.05, 3.63) is 64.4 Å². The summed E-state index contributed by atoms with van der Waals surface area (Å²) in [7, 11) is 1.37. The molecule has 0 aliphatic rings. The second-order valence-electron chi connectivity index (χ2n) is 4.90. The molecule has 0 aliphatic carbocycles. The van der Waals surface area contributed by atoms with E-state index < -0.39 is 30.2 Å². The van der Waals surface area contributed by atoms with E-state index in [1.54, 1.807) is 0 Å². The minimum Gasteiger partial charge on any atom is -0.496 e. The molecule has 0 radical (unpaired) electrons. The number of carbonyl (C=O) groups is 3. The Labute approximate surface area is 153 Å². The van der Waals surface area contributed by atoms with Gasteiger partial charge in [0.05, 0.1) is 12.7 Å². The molecule has 0 fully saturated rings. The van der Waals surface area contributed by atoms with Gasteiger partial charge in [-0.1, -0.05) is 23.7 Å². The Kier molecular flexibility index (Phi) is 6.51. The Morgan fingerprint density at radius 3 is 2.50 bits per heavy atom. The van der Waals surface area contributed by atoms with Crippen LogP contribution in [0.1, 0.15) is 20.7 Å². The van der Waals surface area contributed by atoms with Gasteiger partial charge in [-0.05, 0) is 30.3 Å². The third-order valence-electron chi connectivity index (χ3n) is 3.15. The summed E-state index contributed by atoms with van der Waals surface area (Å²) in [4.78, 5) is 35.4. The van der Waals surface area contributed by atoms with Crippen LogP contribution in [0, 0.1) is 5.82 Å². The highest BCUT2D eigenvalue weighted by Crippen LogP contribution is 2.23. The second-order valence-corrected chi connectivity index (χ2v) is 5.34. The molecule has 0 heterocycles. The monoisotopic (exact) mass is 380 g/mol. The molecule has 0 aromatic heterocycles. The number of amides is 2. The van der Waals surface area contributed by atoms with Crippen LogP contribution in [0.4, 0.5) is 4.39 Å². The van der Waals surface area contributed by atoms with Gasteiger partial charge >= 0.3 is 5.97 Å². The summed E-state index contributed by atoms with van der Waals surface area (Å²) >= 11 is 5.82. The van der Waals surface area contributed by atoms with Crippen molar-refractivity contribution in [2.45, 2.75) is 0 Å². The maximum atomic E-state index is 13.4. The first kappa shape index (κ1) is 19.2. The quantitative estimate of drug-likeness (QED) is 0.612. The second kappa shape index (κ2) is 8.82. The van der Waals surface area contributed by atoms with Crippen LogP contribution in [-0.4, -0.2) is 31.5 Å². The number of hydrazine groups is 1. The lowest BCUT2D eigenvalue weighted by molar-refractivity contribution is -0.125. The normalized spacial score (nSPS) is 9.96. The highest BCUT2D eigenvalue weighted by molar-refractivity contribution is 6.31. The van der Waals surface area contributed by atoms with Gasteiger partial charge in [-0.25, -0.2) is 9.18 Å². The van der Waals surface area contributed by atoms with E-state index in [1.165, 1.54) is 43.5 Å². The van der Waals surface area contributed by atoms with Gasteiger partial charge < -0.3 is 9.47 Å². The fourth-order valence-corrected chi connectivity index (χ4v) is 2.10. The van der Waals surface area contributed by atoms with Gasteiger partial charge in [0, 0.05) is 5.02 Å². The van der Waals surface area contributed by atoms with Crippen LogP contribution >= 0.6 is 11.6 Å². The first-order valence-corrected chi connectivity index (χ1v) is 7.64. The summed E-state index contributed by atoms with van der Waals surface area (Å²) in [6, 6.07) is 9.60. The summed E-state index contributed by atoms with van der Waals surface area (Å²) in [5.74, 6) is -3.00. The summed E-state index contributed by atoms with van der Waals surface area (Å²) in [5, 5.41) is 0.291. The number of benzene rings is 2. The largest absolute Gasteiger partial charge is 0.496 e. The van der Waals surface area contributed by atoms with E-state index in [0.717, 1.165) is 6.07 Å². The van der Waals surface area contributed by atoms with E-state index in [9.17, 15) is 18.8 Å². The number of rotatable bonds is 5. The van der Waals surface area contributed by atoms with Crippen molar-refractivity contribution >= 4 is 29.4 Å². The average Bonchev–Trinajstić information content (AvgIpc) is 2.64. The van der Waals surface area contributed by atoms with E-state index in [2.05, 4.69) is 0 Å². The summed E-state index contributed by atoms with van der Waals surface area (Å²) in [6.07, 6.45) is 0. The number of methoxy groups -OCH3 is 1. The highest BCUT2D eigenvalue weighted by Gasteiger charge is 2.17. The van der Waals surface area contributed by atoms with Crippen molar-refractivity contribution in [1.29, 1.82) is 0 Å². The molecule has 0 unspecified atom stereocenters. The molecule has 0 bridgehead atoms. The Morgan fingerprint density at radius 1 is 1.08 bits per heavy atom. The molecule has 2 rings (SSSR count). The van der Waals surface area contributed by atoms with E-state index in [-0.39, 0.29) is 16.9 Å². The van der Waals surface area contributed by atoms with E-state index in [1.807, 2.05) is 10.9 Å². The molecule has 2 aromatic carbocycles. The molecule has 0 aliphatic heterocycles. The van der Waals surface area contributed by atoms with Gasteiger partial charge in [-0.2, -0.15) is 0 Å². The van der Waals surface area contributed by atoms with Crippen LogP contribution in [-0.2, 0) is 9.53 Å². The smallest absolute Gasteiger partial charge is 0.342 e. The molecule has 2 amide bonds. The number of carbonyl (C=O) groups excluding carboxylic acids is 3. The molecule has 0 saturated heterocycles. The third kappa shape index (κ3) is 4.93.